The Morgan fingerprint density at radius 3 is 1.93 bits per heavy atom. The Balaban J connectivity index is 0.00000225. The van der Waals surface area contributed by atoms with E-state index in [0.717, 1.165) is 0 Å². The van der Waals surface area contributed by atoms with Crippen molar-refractivity contribution in [3.8, 4) is 22.5 Å². The molecule has 0 saturated heterocycles. The van der Waals surface area contributed by atoms with Crippen LogP contribution in [0.1, 0.15) is 5.82 Å². The molecule has 1 aliphatic heterocycles. The minimum Gasteiger partial charge on any atom is -1.00 e. The lowest BCUT2D eigenvalue weighted by molar-refractivity contribution is -0.662. The smallest absolute Gasteiger partial charge is 0.474 e. The maximum atomic E-state index is 14.9. The van der Waals surface area contributed by atoms with Crippen LogP contribution in [0.3, 0.4) is 0 Å². The Hall–Kier alpha value is -1.71. The number of alkyl halides is 4. The standard InChI is InChI=1S/C19H13F4N2S2.BrH/c1-24-14(12-8-4-2-5-9-12)15(13-10-6-3-7-11-13)25-16(24)17(26)27-19(22,23)18(25,20)21;/h2-11H,1H3;1H/q+1;/p-1. The zero-order valence-electron chi connectivity index (χ0n) is 14.4. The summed E-state index contributed by atoms with van der Waals surface area (Å²) in [5, 5.41) is -4.35. The number of nitrogens with zero attached hydrogens (tertiary/aromatic N) is 2. The first-order chi connectivity index (χ1) is 12.8. The van der Waals surface area contributed by atoms with Crippen LogP contribution in [0.4, 0.5) is 17.6 Å². The minimum absolute atomic E-state index is 0. The van der Waals surface area contributed by atoms with Crippen molar-refractivity contribution in [3.63, 3.8) is 0 Å². The van der Waals surface area contributed by atoms with E-state index in [9.17, 15) is 17.6 Å². The van der Waals surface area contributed by atoms with Gasteiger partial charge in [0.25, 0.3) is 0 Å². The number of benzene rings is 2. The van der Waals surface area contributed by atoms with Gasteiger partial charge in [-0.15, -0.1) is 0 Å². The van der Waals surface area contributed by atoms with Crippen molar-refractivity contribution in [3.05, 3.63) is 66.5 Å². The molecule has 1 aromatic heterocycles. The number of imidazole rings is 1. The molecule has 0 unspecified atom stereocenters. The van der Waals surface area contributed by atoms with Gasteiger partial charge in [-0.3, -0.25) is 0 Å². The first-order valence-electron chi connectivity index (χ1n) is 8.00. The molecular formula is C19H13BrF4N2S2. The first-order valence-corrected chi connectivity index (χ1v) is 9.23. The van der Waals surface area contributed by atoms with Gasteiger partial charge in [0.05, 0.1) is 7.05 Å². The summed E-state index contributed by atoms with van der Waals surface area (Å²) in [6, 6.07) is 12.7. The Labute approximate surface area is 179 Å². The van der Waals surface area contributed by atoms with Crippen molar-refractivity contribution in [2.75, 3.05) is 0 Å². The van der Waals surface area contributed by atoms with Crippen LogP contribution in [-0.4, -0.2) is 14.0 Å². The molecule has 0 fully saturated rings. The van der Waals surface area contributed by atoms with Gasteiger partial charge in [-0.25, -0.2) is 4.57 Å². The van der Waals surface area contributed by atoms with Crippen LogP contribution < -0.4 is 21.5 Å². The fraction of sp³-hybridized carbons (Fsp3) is 0.158. The van der Waals surface area contributed by atoms with Gasteiger partial charge in [-0.2, -0.15) is 22.1 Å². The van der Waals surface area contributed by atoms with Gasteiger partial charge in [0.2, 0.25) is 0 Å². The zero-order valence-corrected chi connectivity index (χ0v) is 17.6. The number of halogens is 5. The molecule has 0 spiro atoms. The molecule has 0 aliphatic carbocycles. The van der Waals surface area contributed by atoms with Gasteiger partial charge in [0.15, 0.2) is 15.6 Å². The van der Waals surface area contributed by atoms with Gasteiger partial charge in [0, 0.05) is 11.1 Å². The highest BCUT2D eigenvalue weighted by atomic mass is 79.9. The summed E-state index contributed by atoms with van der Waals surface area (Å²) in [4.78, 5) is 0. The summed E-state index contributed by atoms with van der Waals surface area (Å²) in [6.07, 6.45) is 0. The molecule has 1 aliphatic rings. The summed E-state index contributed by atoms with van der Waals surface area (Å²) >= 11 is 4.81. The van der Waals surface area contributed by atoms with Crippen LogP contribution in [0.25, 0.3) is 22.5 Å². The molecule has 4 rings (SSSR count). The average Bonchev–Trinajstić information content (AvgIpc) is 2.96. The quantitative estimate of drug-likeness (QED) is 0.310. The van der Waals surface area contributed by atoms with Crippen molar-refractivity contribution in [1.82, 2.24) is 4.57 Å². The lowest BCUT2D eigenvalue weighted by Crippen LogP contribution is -3.00. The molecular weight excluding hydrogens is 476 g/mol. The number of thiocarbonyl (C=S) groups is 1. The third-order valence-electron chi connectivity index (χ3n) is 4.44. The van der Waals surface area contributed by atoms with Gasteiger partial charge in [0.1, 0.15) is 0 Å². The SMILES string of the molecule is C[n+]1c(-c2ccccc2)c(-c2ccccc2)n2c1C(=S)SC(F)(F)C2(F)F.[Br-]. The third kappa shape index (κ3) is 3.00. The summed E-state index contributed by atoms with van der Waals surface area (Å²) in [7, 11) is 1.56. The van der Waals surface area contributed by atoms with E-state index in [1.165, 1.54) is 4.57 Å². The number of rotatable bonds is 2. The second-order valence-corrected chi connectivity index (χ2v) is 7.89. The molecule has 2 nitrogen and oxygen atoms in total. The maximum absolute atomic E-state index is 14.9. The highest BCUT2D eigenvalue weighted by Gasteiger charge is 2.70. The second kappa shape index (κ2) is 7.27. The Morgan fingerprint density at radius 1 is 0.893 bits per heavy atom. The zero-order chi connectivity index (χ0) is 19.4. The van der Waals surface area contributed by atoms with Crippen molar-refractivity contribution in [2.45, 2.75) is 11.3 Å². The number of hydrogen-bond acceptors (Lipinski definition) is 2. The largest absolute Gasteiger partial charge is 1.00 e. The van der Waals surface area contributed by atoms with Crippen molar-refractivity contribution in [1.29, 1.82) is 0 Å². The number of aromatic nitrogens is 2. The second-order valence-electron chi connectivity index (χ2n) is 6.09. The predicted octanol–water partition coefficient (Wildman–Crippen LogP) is 2.21. The molecule has 0 amide bonds. The topological polar surface area (TPSA) is 8.81 Å². The monoisotopic (exact) mass is 488 g/mol. The molecule has 0 atom stereocenters. The Bertz CT molecular complexity index is 1040. The Morgan fingerprint density at radius 2 is 1.39 bits per heavy atom. The van der Waals surface area contributed by atoms with E-state index in [0.29, 0.717) is 21.4 Å². The third-order valence-corrected chi connectivity index (χ3v) is 5.74. The van der Waals surface area contributed by atoms with Gasteiger partial charge < -0.3 is 17.0 Å². The molecule has 3 aromatic rings. The van der Waals surface area contributed by atoms with Crippen molar-refractivity contribution in [2.24, 2.45) is 7.05 Å². The number of thioether (sulfide) groups is 1. The molecule has 0 radical (unpaired) electrons. The summed E-state index contributed by atoms with van der Waals surface area (Å²) in [6.45, 7) is 0. The van der Waals surface area contributed by atoms with E-state index >= 15 is 0 Å². The number of fused-ring (bicyclic) bond motifs is 1. The Kier molecular flexibility index (Phi) is 5.46. The van der Waals surface area contributed by atoms with Gasteiger partial charge in [-0.1, -0.05) is 72.9 Å². The van der Waals surface area contributed by atoms with Crippen LogP contribution in [-0.2, 0) is 13.1 Å². The van der Waals surface area contributed by atoms with Gasteiger partial charge in [-0.05, 0) is 11.8 Å². The van der Waals surface area contributed by atoms with E-state index in [1.807, 2.05) is 0 Å². The molecule has 0 N–H and O–H groups in total. The maximum Gasteiger partial charge on any atom is 0.474 e. The summed E-state index contributed by atoms with van der Waals surface area (Å²) in [5.74, 6) is -0.108. The molecule has 2 aromatic carbocycles. The summed E-state index contributed by atoms with van der Waals surface area (Å²) < 4.78 is 59.9. The molecule has 28 heavy (non-hydrogen) atoms. The van der Waals surface area contributed by atoms with E-state index in [4.69, 9.17) is 12.2 Å². The van der Waals surface area contributed by atoms with Crippen LogP contribution in [0.2, 0.25) is 0 Å². The molecule has 2 heterocycles. The highest BCUT2D eigenvalue weighted by molar-refractivity contribution is 8.24. The van der Waals surface area contributed by atoms with E-state index in [-0.39, 0.29) is 44.5 Å². The minimum atomic E-state index is -4.44. The van der Waals surface area contributed by atoms with Crippen LogP contribution in [0.5, 0.6) is 0 Å². The average molecular weight is 489 g/mol. The fourth-order valence-corrected chi connectivity index (χ4v) is 4.58. The van der Waals surface area contributed by atoms with E-state index in [2.05, 4.69) is 0 Å². The van der Waals surface area contributed by atoms with Crippen LogP contribution in [0, 0.1) is 0 Å². The van der Waals surface area contributed by atoms with Crippen LogP contribution >= 0.6 is 24.0 Å². The van der Waals surface area contributed by atoms with E-state index in [1.54, 1.807) is 67.7 Å². The fourth-order valence-electron chi connectivity index (χ4n) is 3.27. The lowest BCUT2D eigenvalue weighted by atomic mass is 10.0. The summed E-state index contributed by atoms with van der Waals surface area (Å²) in [5.41, 5.74) is 1.44. The normalized spacial score (nSPS) is 17.0. The van der Waals surface area contributed by atoms with Crippen LogP contribution in [0.15, 0.2) is 60.7 Å². The van der Waals surface area contributed by atoms with E-state index < -0.39 is 11.3 Å². The lowest BCUT2D eigenvalue weighted by Gasteiger charge is -2.28. The van der Waals surface area contributed by atoms with Crippen molar-refractivity contribution < 1.29 is 39.1 Å². The number of hydrogen-bond donors (Lipinski definition) is 0. The molecule has 0 bridgehead atoms. The van der Waals surface area contributed by atoms with Crippen molar-refractivity contribution >= 4 is 28.2 Å². The molecule has 146 valence electrons. The van der Waals surface area contributed by atoms with Gasteiger partial charge >= 0.3 is 17.1 Å². The predicted molar refractivity (Wildman–Crippen MR) is 101 cm³/mol. The first kappa shape index (κ1) is 21.0. The highest BCUT2D eigenvalue weighted by Crippen LogP contribution is 2.54. The molecule has 0 saturated carbocycles. The molecule has 9 heteroatoms.